The maximum Gasteiger partial charge on any atom is 0.305 e. The lowest BCUT2D eigenvalue weighted by atomic mass is 10.1. The van der Waals surface area contributed by atoms with Crippen molar-refractivity contribution in [2.24, 2.45) is 5.92 Å². The second kappa shape index (κ2) is 6.87. The van der Waals surface area contributed by atoms with Crippen molar-refractivity contribution < 1.29 is 8.42 Å². The molecule has 0 aliphatic carbocycles. The van der Waals surface area contributed by atoms with E-state index in [9.17, 15) is 13.2 Å². The Bertz CT molecular complexity index is 583. The minimum atomic E-state index is -3.61. The lowest BCUT2D eigenvalue weighted by Crippen LogP contribution is -2.41. The van der Waals surface area contributed by atoms with Crippen LogP contribution < -0.4 is 4.87 Å². The number of aromatic nitrogens is 1. The van der Waals surface area contributed by atoms with Crippen LogP contribution in [0.15, 0.2) is 9.00 Å². The Morgan fingerprint density at radius 1 is 1.25 bits per heavy atom. The summed E-state index contributed by atoms with van der Waals surface area (Å²) in [4.78, 5) is 13.6. The summed E-state index contributed by atoms with van der Waals surface area (Å²) in [6.07, 6.45) is 1.53. The minimum absolute atomic E-state index is 0.0287. The first kappa shape index (κ1) is 17.4. The number of nitrogens with one attached hydrogen (secondary N) is 1. The number of H-pyrrole nitrogens is 1. The molecule has 0 aliphatic heterocycles. The van der Waals surface area contributed by atoms with E-state index in [0.29, 0.717) is 12.2 Å². The third kappa shape index (κ3) is 3.71. The first-order valence-electron chi connectivity index (χ1n) is 6.95. The molecule has 0 saturated heterocycles. The molecule has 0 aromatic carbocycles. The van der Waals surface area contributed by atoms with E-state index < -0.39 is 10.0 Å². The summed E-state index contributed by atoms with van der Waals surface area (Å²) in [5.74, 6) is 0.237. The molecule has 1 aromatic heterocycles. The summed E-state index contributed by atoms with van der Waals surface area (Å²) in [6.45, 7) is 10.1. The van der Waals surface area contributed by atoms with Crippen LogP contribution in [0.3, 0.4) is 0 Å². The van der Waals surface area contributed by atoms with Gasteiger partial charge in [0, 0.05) is 18.3 Å². The smallest absolute Gasteiger partial charge is 0.305 e. The summed E-state index contributed by atoms with van der Waals surface area (Å²) in [5.41, 5.74) is 0.430. The van der Waals surface area contributed by atoms with Crippen LogP contribution in [0.1, 0.15) is 46.2 Å². The third-order valence-corrected chi connectivity index (χ3v) is 6.72. The lowest BCUT2D eigenvalue weighted by Gasteiger charge is -2.30. The van der Waals surface area contributed by atoms with E-state index in [-0.39, 0.29) is 21.0 Å². The minimum Gasteiger partial charge on any atom is -0.315 e. The van der Waals surface area contributed by atoms with E-state index >= 15 is 0 Å². The molecule has 1 N–H and O–H groups in total. The van der Waals surface area contributed by atoms with E-state index in [1.54, 1.807) is 11.2 Å². The average molecular weight is 320 g/mol. The molecule has 1 aromatic rings. The topological polar surface area (TPSA) is 70.2 Å². The number of nitrogens with zero attached hydrogens (tertiary/aromatic N) is 1. The molecule has 1 heterocycles. The standard InChI is InChI=1S/C13H24N2O3S2/c1-6-11(7-2)15(8-9(3)4)20(17,18)12-10(5)14-13(16)19-12/h9,11H,6-8H2,1-5H3,(H,14,16). The van der Waals surface area contributed by atoms with Crippen LogP contribution in [0.2, 0.25) is 0 Å². The zero-order chi connectivity index (χ0) is 15.5. The molecule has 5 nitrogen and oxygen atoms in total. The van der Waals surface area contributed by atoms with E-state index in [0.717, 1.165) is 24.2 Å². The van der Waals surface area contributed by atoms with Crippen molar-refractivity contribution in [3.8, 4) is 0 Å². The van der Waals surface area contributed by atoms with Crippen LogP contribution in [-0.4, -0.2) is 30.3 Å². The van der Waals surface area contributed by atoms with E-state index in [2.05, 4.69) is 4.98 Å². The summed E-state index contributed by atoms with van der Waals surface area (Å²) in [6, 6.07) is -0.0287. The Hall–Kier alpha value is -0.660. The van der Waals surface area contributed by atoms with Gasteiger partial charge in [-0.25, -0.2) is 8.42 Å². The summed E-state index contributed by atoms with van der Waals surface area (Å²) < 4.78 is 27.4. The molecule has 0 fully saturated rings. The van der Waals surface area contributed by atoms with Crippen LogP contribution >= 0.6 is 11.3 Å². The van der Waals surface area contributed by atoms with Crippen molar-refractivity contribution in [3.05, 3.63) is 15.4 Å². The fourth-order valence-corrected chi connectivity index (χ4v) is 5.59. The number of hydrogen-bond donors (Lipinski definition) is 1. The van der Waals surface area contributed by atoms with Crippen LogP contribution in [0.4, 0.5) is 0 Å². The third-order valence-electron chi connectivity index (χ3n) is 3.22. The second-order valence-corrected chi connectivity index (χ2v) is 8.43. The van der Waals surface area contributed by atoms with E-state index in [4.69, 9.17) is 0 Å². The van der Waals surface area contributed by atoms with Crippen molar-refractivity contribution in [3.63, 3.8) is 0 Å². The highest BCUT2D eigenvalue weighted by Gasteiger charge is 2.33. The highest BCUT2D eigenvalue weighted by atomic mass is 32.2. The fourth-order valence-electron chi connectivity index (χ4n) is 2.24. The van der Waals surface area contributed by atoms with Crippen molar-refractivity contribution in [1.82, 2.24) is 9.29 Å². The van der Waals surface area contributed by atoms with Gasteiger partial charge in [-0.2, -0.15) is 4.31 Å². The largest absolute Gasteiger partial charge is 0.315 e. The van der Waals surface area contributed by atoms with Gasteiger partial charge < -0.3 is 4.98 Å². The monoisotopic (exact) mass is 320 g/mol. The number of aromatic amines is 1. The van der Waals surface area contributed by atoms with Gasteiger partial charge in [-0.05, 0) is 25.7 Å². The van der Waals surface area contributed by atoms with Gasteiger partial charge >= 0.3 is 4.87 Å². The van der Waals surface area contributed by atoms with Gasteiger partial charge in [0.2, 0.25) is 0 Å². The number of thiazole rings is 1. The summed E-state index contributed by atoms with van der Waals surface area (Å²) in [5, 5.41) is 0. The van der Waals surface area contributed by atoms with Crippen molar-refractivity contribution in [2.45, 2.75) is 57.7 Å². The van der Waals surface area contributed by atoms with Crippen LogP contribution in [0, 0.1) is 12.8 Å². The first-order valence-corrected chi connectivity index (χ1v) is 9.21. The van der Waals surface area contributed by atoms with Crippen LogP contribution in [0.25, 0.3) is 0 Å². The predicted molar refractivity (Wildman–Crippen MR) is 82.8 cm³/mol. The Morgan fingerprint density at radius 2 is 1.80 bits per heavy atom. The number of hydrogen-bond acceptors (Lipinski definition) is 4. The number of sulfonamides is 1. The second-order valence-electron chi connectivity index (χ2n) is 5.37. The highest BCUT2D eigenvalue weighted by Crippen LogP contribution is 2.26. The Kier molecular flexibility index (Phi) is 5.97. The van der Waals surface area contributed by atoms with Gasteiger partial charge in [0.1, 0.15) is 0 Å². The maximum absolute atomic E-state index is 12.8. The van der Waals surface area contributed by atoms with E-state index in [1.165, 1.54) is 0 Å². The predicted octanol–water partition coefficient (Wildman–Crippen LogP) is 2.58. The molecule has 0 aliphatic rings. The molecule has 1 rings (SSSR count). The van der Waals surface area contributed by atoms with E-state index in [1.807, 2.05) is 27.7 Å². The summed E-state index contributed by atoms with van der Waals surface area (Å²) >= 11 is 0.774. The molecule has 0 saturated carbocycles. The van der Waals surface area contributed by atoms with Gasteiger partial charge in [-0.15, -0.1) is 0 Å². The highest BCUT2D eigenvalue weighted by molar-refractivity contribution is 7.91. The SMILES string of the molecule is CCC(CC)N(CC(C)C)S(=O)(=O)c1sc(=O)[nH]c1C. The molecule has 0 radical (unpaired) electrons. The van der Waals surface area contributed by atoms with Gasteiger partial charge in [0.25, 0.3) is 10.0 Å². The summed E-state index contributed by atoms with van der Waals surface area (Å²) in [7, 11) is -3.61. The Labute approximate surface area is 125 Å². The molecule has 0 unspecified atom stereocenters. The molecule has 0 atom stereocenters. The molecule has 0 bridgehead atoms. The Morgan fingerprint density at radius 3 is 2.15 bits per heavy atom. The molecule has 116 valence electrons. The van der Waals surface area contributed by atoms with Crippen LogP contribution in [-0.2, 0) is 10.0 Å². The first-order chi connectivity index (χ1) is 9.23. The van der Waals surface area contributed by atoms with Gasteiger partial charge in [-0.3, -0.25) is 4.79 Å². The normalized spacial score (nSPS) is 12.8. The zero-order valence-electron chi connectivity index (χ0n) is 12.8. The maximum atomic E-state index is 12.8. The van der Waals surface area contributed by atoms with Gasteiger partial charge in [-0.1, -0.05) is 39.0 Å². The molecule has 0 amide bonds. The zero-order valence-corrected chi connectivity index (χ0v) is 14.4. The van der Waals surface area contributed by atoms with Crippen molar-refractivity contribution in [2.75, 3.05) is 6.54 Å². The number of aryl methyl sites for hydroxylation is 1. The average Bonchev–Trinajstić information content (AvgIpc) is 2.69. The Balaban J connectivity index is 3.30. The molecule has 20 heavy (non-hydrogen) atoms. The van der Waals surface area contributed by atoms with Crippen molar-refractivity contribution >= 4 is 21.4 Å². The van der Waals surface area contributed by atoms with Crippen molar-refractivity contribution in [1.29, 1.82) is 0 Å². The van der Waals surface area contributed by atoms with Gasteiger partial charge in [0.05, 0.1) is 0 Å². The quantitative estimate of drug-likeness (QED) is 0.839. The molecule has 7 heteroatoms. The molecule has 0 spiro atoms. The van der Waals surface area contributed by atoms with Crippen LogP contribution in [0.5, 0.6) is 0 Å². The lowest BCUT2D eigenvalue weighted by molar-refractivity contribution is 0.277. The molecular weight excluding hydrogens is 296 g/mol. The number of rotatable bonds is 7. The fraction of sp³-hybridized carbons (Fsp3) is 0.769. The van der Waals surface area contributed by atoms with Gasteiger partial charge in [0.15, 0.2) is 4.21 Å². The molecular formula is C13H24N2O3S2.